The average Bonchev–Trinajstić information content (AvgIpc) is 2.90. The standard InChI is InChI=1S/C28H30N4O3.2ClH/c1-31-26-11-10-25(19-23(26)9-12-27(31)33)35-18-4-2-3-16-32(17-13-22-7-5-14-29-20-22)28(34)24-8-6-15-30-21-24;;/h5-12,14-15,19-21H,2-4,13,16-18H2,1H3;2*1H. The van der Waals surface area contributed by atoms with Crippen molar-refractivity contribution in [1.29, 1.82) is 0 Å². The second kappa shape index (κ2) is 15.0. The van der Waals surface area contributed by atoms with Crippen molar-refractivity contribution in [3.8, 4) is 5.75 Å². The van der Waals surface area contributed by atoms with Crippen LogP contribution in [0.15, 0.2) is 84.2 Å². The quantitative estimate of drug-likeness (QED) is 0.246. The molecule has 37 heavy (non-hydrogen) atoms. The van der Waals surface area contributed by atoms with Crippen LogP contribution >= 0.6 is 24.8 Å². The van der Waals surface area contributed by atoms with Gasteiger partial charge in [-0.3, -0.25) is 19.6 Å². The summed E-state index contributed by atoms with van der Waals surface area (Å²) in [5.74, 6) is 0.796. The van der Waals surface area contributed by atoms with E-state index in [2.05, 4.69) is 9.97 Å². The number of benzene rings is 1. The van der Waals surface area contributed by atoms with Gasteiger partial charge in [0.05, 0.1) is 17.7 Å². The number of pyridine rings is 3. The lowest BCUT2D eigenvalue weighted by molar-refractivity contribution is 0.0753. The van der Waals surface area contributed by atoms with Crippen LogP contribution in [0.3, 0.4) is 0 Å². The van der Waals surface area contributed by atoms with E-state index < -0.39 is 0 Å². The topological polar surface area (TPSA) is 77.3 Å². The highest BCUT2D eigenvalue weighted by Crippen LogP contribution is 2.19. The van der Waals surface area contributed by atoms with E-state index in [1.807, 2.05) is 53.6 Å². The summed E-state index contributed by atoms with van der Waals surface area (Å²) in [7, 11) is 1.77. The molecule has 0 unspecified atom stereocenters. The van der Waals surface area contributed by atoms with E-state index in [1.165, 1.54) is 0 Å². The molecule has 0 fully saturated rings. The first-order valence-electron chi connectivity index (χ1n) is 11.9. The number of aromatic nitrogens is 3. The fraction of sp³-hybridized carbons (Fsp3) is 0.286. The Balaban J connectivity index is 0.00000241. The molecule has 4 aromatic rings. The molecule has 9 heteroatoms. The molecule has 0 bridgehead atoms. The second-order valence-corrected chi connectivity index (χ2v) is 8.51. The maximum atomic E-state index is 13.0. The van der Waals surface area contributed by atoms with Gasteiger partial charge in [0.15, 0.2) is 0 Å². The van der Waals surface area contributed by atoms with Crippen molar-refractivity contribution in [1.82, 2.24) is 19.4 Å². The number of halogens is 2. The number of rotatable bonds is 11. The minimum Gasteiger partial charge on any atom is -0.494 e. The molecule has 1 amide bonds. The predicted molar refractivity (Wildman–Crippen MR) is 151 cm³/mol. The molecule has 0 saturated carbocycles. The van der Waals surface area contributed by atoms with Crippen LogP contribution in [0.1, 0.15) is 35.2 Å². The van der Waals surface area contributed by atoms with E-state index in [0.29, 0.717) is 25.3 Å². The summed E-state index contributed by atoms with van der Waals surface area (Å²) in [6.07, 6.45) is 10.4. The average molecular weight is 543 g/mol. The fourth-order valence-corrected chi connectivity index (χ4v) is 4.02. The fourth-order valence-electron chi connectivity index (χ4n) is 4.02. The molecule has 1 aromatic carbocycles. The van der Waals surface area contributed by atoms with E-state index in [4.69, 9.17) is 4.74 Å². The molecule has 0 aliphatic heterocycles. The number of aryl methyl sites for hydroxylation is 1. The molecule has 0 aliphatic carbocycles. The van der Waals surface area contributed by atoms with Crippen LogP contribution < -0.4 is 10.3 Å². The summed E-state index contributed by atoms with van der Waals surface area (Å²) >= 11 is 0. The van der Waals surface area contributed by atoms with Gasteiger partial charge in [-0.2, -0.15) is 0 Å². The minimum atomic E-state index is -0.0253. The van der Waals surface area contributed by atoms with Crippen LogP contribution in [-0.2, 0) is 13.5 Å². The second-order valence-electron chi connectivity index (χ2n) is 8.51. The van der Waals surface area contributed by atoms with Crippen LogP contribution in [0.5, 0.6) is 5.75 Å². The number of amides is 1. The number of hydrogen-bond acceptors (Lipinski definition) is 5. The Bertz CT molecular complexity index is 1320. The van der Waals surface area contributed by atoms with Gasteiger partial charge >= 0.3 is 0 Å². The van der Waals surface area contributed by atoms with E-state index in [9.17, 15) is 9.59 Å². The van der Waals surface area contributed by atoms with Gasteiger partial charge in [0.2, 0.25) is 0 Å². The molecule has 4 rings (SSSR count). The van der Waals surface area contributed by atoms with Crippen LogP contribution in [0.4, 0.5) is 0 Å². The number of ether oxygens (including phenoxy) is 1. The van der Waals surface area contributed by atoms with Crippen LogP contribution in [0.2, 0.25) is 0 Å². The van der Waals surface area contributed by atoms with Crippen molar-refractivity contribution in [3.63, 3.8) is 0 Å². The number of carbonyl (C=O) groups is 1. The molecule has 0 spiro atoms. The smallest absolute Gasteiger partial charge is 0.255 e. The Morgan fingerprint density at radius 3 is 2.43 bits per heavy atom. The van der Waals surface area contributed by atoms with Gasteiger partial charge in [-0.1, -0.05) is 6.07 Å². The van der Waals surface area contributed by atoms with Crippen molar-refractivity contribution in [2.24, 2.45) is 7.05 Å². The van der Waals surface area contributed by atoms with Crippen LogP contribution in [0.25, 0.3) is 10.9 Å². The molecule has 196 valence electrons. The lowest BCUT2D eigenvalue weighted by Crippen LogP contribution is -2.34. The Morgan fingerprint density at radius 2 is 1.70 bits per heavy atom. The first-order valence-corrected chi connectivity index (χ1v) is 11.9. The number of fused-ring (bicyclic) bond motifs is 1. The van der Waals surface area contributed by atoms with E-state index in [0.717, 1.165) is 47.9 Å². The van der Waals surface area contributed by atoms with Crippen LogP contribution in [-0.4, -0.2) is 45.0 Å². The van der Waals surface area contributed by atoms with Gasteiger partial charge in [-0.25, -0.2) is 0 Å². The summed E-state index contributed by atoms with van der Waals surface area (Å²) < 4.78 is 7.56. The lowest BCUT2D eigenvalue weighted by Gasteiger charge is -2.23. The van der Waals surface area contributed by atoms with Gasteiger partial charge in [-0.05, 0) is 73.7 Å². The Labute approximate surface area is 229 Å². The lowest BCUT2D eigenvalue weighted by atomic mass is 10.1. The SMILES string of the molecule is Cl.Cl.Cn1c(=O)ccc2cc(OCCCCCN(CCc3cccnc3)C(=O)c3cccnc3)ccc21. The van der Waals surface area contributed by atoms with Crippen molar-refractivity contribution in [2.75, 3.05) is 19.7 Å². The third-order valence-corrected chi connectivity index (χ3v) is 6.03. The molecular weight excluding hydrogens is 511 g/mol. The van der Waals surface area contributed by atoms with E-state index >= 15 is 0 Å². The van der Waals surface area contributed by atoms with Gasteiger partial charge in [-0.15, -0.1) is 24.8 Å². The van der Waals surface area contributed by atoms with Crippen molar-refractivity contribution >= 4 is 41.6 Å². The summed E-state index contributed by atoms with van der Waals surface area (Å²) in [6.45, 7) is 1.91. The normalized spacial score (nSPS) is 10.3. The van der Waals surface area contributed by atoms with Crippen molar-refractivity contribution < 1.29 is 9.53 Å². The van der Waals surface area contributed by atoms with Gasteiger partial charge < -0.3 is 14.2 Å². The first-order chi connectivity index (χ1) is 17.1. The van der Waals surface area contributed by atoms with E-state index in [1.54, 1.807) is 42.3 Å². The zero-order valence-electron chi connectivity index (χ0n) is 20.8. The predicted octanol–water partition coefficient (Wildman–Crippen LogP) is 5.11. The zero-order chi connectivity index (χ0) is 24.5. The Hall–Kier alpha value is -3.42. The molecule has 0 radical (unpaired) electrons. The molecule has 3 heterocycles. The number of nitrogens with zero attached hydrogens (tertiary/aromatic N) is 4. The molecule has 0 saturated heterocycles. The highest BCUT2D eigenvalue weighted by Gasteiger charge is 2.15. The molecule has 0 atom stereocenters. The van der Waals surface area contributed by atoms with E-state index in [-0.39, 0.29) is 36.3 Å². The third-order valence-electron chi connectivity index (χ3n) is 6.03. The molecule has 0 aliphatic rings. The first kappa shape index (κ1) is 29.8. The molecular formula is C28H32Cl2N4O3. The Kier molecular flexibility index (Phi) is 12.1. The highest BCUT2D eigenvalue weighted by atomic mass is 35.5. The largest absolute Gasteiger partial charge is 0.494 e. The summed E-state index contributed by atoms with van der Waals surface area (Å²) in [4.78, 5) is 35.0. The maximum Gasteiger partial charge on any atom is 0.255 e. The van der Waals surface area contributed by atoms with Gasteiger partial charge in [0.25, 0.3) is 11.5 Å². The zero-order valence-corrected chi connectivity index (χ0v) is 22.4. The highest BCUT2D eigenvalue weighted by molar-refractivity contribution is 5.93. The summed E-state index contributed by atoms with van der Waals surface area (Å²) in [5, 5.41) is 0.975. The van der Waals surface area contributed by atoms with Gasteiger partial charge in [0.1, 0.15) is 5.75 Å². The maximum absolute atomic E-state index is 13.0. The number of hydrogen-bond donors (Lipinski definition) is 0. The third kappa shape index (κ3) is 8.30. The summed E-state index contributed by atoms with van der Waals surface area (Å²) in [5.41, 5.74) is 2.58. The monoisotopic (exact) mass is 542 g/mol. The number of carbonyl (C=O) groups excluding carboxylic acids is 1. The van der Waals surface area contributed by atoms with Gasteiger partial charge in [0, 0.05) is 56.4 Å². The van der Waals surface area contributed by atoms with Crippen molar-refractivity contribution in [3.05, 3.63) is 101 Å². The molecule has 7 nitrogen and oxygen atoms in total. The van der Waals surface area contributed by atoms with Crippen LogP contribution in [0, 0.1) is 0 Å². The molecule has 0 N–H and O–H groups in total. The molecule has 3 aromatic heterocycles. The Morgan fingerprint density at radius 1 is 0.919 bits per heavy atom. The summed E-state index contributed by atoms with van der Waals surface area (Å²) in [6, 6.07) is 16.7. The number of unbranched alkanes of at least 4 members (excludes halogenated alkanes) is 2. The minimum absolute atomic E-state index is 0. The van der Waals surface area contributed by atoms with Crippen molar-refractivity contribution in [2.45, 2.75) is 25.7 Å².